The number of rotatable bonds is 7. The highest BCUT2D eigenvalue weighted by Crippen LogP contribution is 2.17. The summed E-state index contributed by atoms with van der Waals surface area (Å²) in [6.45, 7) is 2.58. The van der Waals surface area contributed by atoms with Crippen molar-refractivity contribution in [3.05, 3.63) is 71.3 Å². The van der Waals surface area contributed by atoms with Crippen molar-refractivity contribution < 1.29 is 14.3 Å². The van der Waals surface area contributed by atoms with Crippen LogP contribution in [0.15, 0.2) is 54.6 Å². The van der Waals surface area contributed by atoms with Gasteiger partial charge in [0.05, 0.1) is 19.6 Å². The molecule has 0 saturated heterocycles. The smallest absolute Gasteiger partial charge is 0.315 e. The Bertz CT molecular complexity index is 701. The van der Waals surface area contributed by atoms with Crippen LogP contribution in [0.4, 0.5) is 4.79 Å². The summed E-state index contributed by atoms with van der Waals surface area (Å²) in [5.74, 6) is -0.367. The first-order chi connectivity index (χ1) is 12.1. The first-order valence-corrected chi connectivity index (χ1v) is 8.30. The van der Waals surface area contributed by atoms with Crippen molar-refractivity contribution in [1.29, 1.82) is 0 Å². The molecule has 0 aliphatic carbocycles. The van der Waals surface area contributed by atoms with Crippen LogP contribution in [-0.4, -0.2) is 25.7 Å². The van der Waals surface area contributed by atoms with Gasteiger partial charge < -0.3 is 15.4 Å². The number of methoxy groups -OCH3 is 1. The summed E-state index contributed by atoms with van der Waals surface area (Å²) in [4.78, 5) is 23.8. The first-order valence-electron chi connectivity index (χ1n) is 8.30. The lowest BCUT2D eigenvalue weighted by Gasteiger charge is -2.18. The lowest BCUT2D eigenvalue weighted by Crippen LogP contribution is -2.39. The van der Waals surface area contributed by atoms with Crippen LogP contribution >= 0.6 is 0 Å². The number of aryl methyl sites for hydroxylation is 1. The summed E-state index contributed by atoms with van der Waals surface area (Å²) >= 11 is 0. The van der Waals surface area contributed by atoms with Crippen molar-refractivity contribution in [1.82, 2.24) is 10.6 Å². The molecule has 5 nitrogen and oxygen atoms in total. The van der Waals surface area contributed by atoms with Crippen LogP contribution in [0.5, 0.6) is 0 Å². The Morgan fingerprint density at radius 2 is 1.72 bits per heavy atom. The number of benzene rings is 2. The lowest BCUT2D eigenvalue weighted by atomic mass is 10.0. The number of nitrogens with one attached hydrogen (secondary N) is 2. The van der Waals surface area contributed by atoms with E-state index in [2.05, 4.69) is 29.7 Å². The first kappa shape index (κ1) is 18.5. The SMILES string of the molecule is COC(=O)C[C@H](NC(=O)NCCc1ccccc1C)c1ccccc1. The summed E-state index contributed by atoms with van der Waals surface area (Å²) in [5, 5.41) is 5.70. The molecule has 5 heteroatoms. The molecule has 0 unspecified atom stereocenters. The maximum Gasteiger partial charge on any atom is 0.315 e. The van der Waals surface area contributed by atoms with Gasteiger partial charge in [-0.25, -0.2) is 4.79 Å². The number of carbonyl (C=O) groups is 2. The summed E-state index contributed by atoms with van der Waals surface area (Å²) in [5.41, 5.74) is 3.27. The molecule has 2 amide bonds. The van der Waals surface area contributed by atoms with Crippen molar-refractivity contribution >= 4 is 12.0 Å². The molecule has 132 valence electrons. The average molecular weight is 340 g/mol. The Kier molecular flexibility index (Phi) is 7.01. The van der Waals surface area contributed by atoms with Crippen LogP contribution in [0.25, 0.3) is 0 Å². The zero-order valence-electron chi connectivity index (χ0n) is 14.6. The number of carbonyl (C=O) groups excluding carboxylic acids is 2. The number of urea groups is 1. The lowest BCUT2D eigenvalue weighted by molar-refractivity contribution is -0.141. The van der Waals surface area contributed by atoms with Gasteiger partial charge in [-0.15, -0.1) is 0 Å². The van der Waals surface area contributed by atoms with Crippen LogP contribution in [0.3, 0.4) is 0 Å². The van der Waals surface area contributed by atoms with Crippen LogP contribution in [0, 0.1) is 6.92 Å². The highest BCUT2D eigenvalue weighted by atomic mass is 16.5. The Balaban J connectivity index is 1.90. The van der Waals surface area contributed by atoms with Gasteiger partial charge in [0.15, 0.2) is 0 Å². The summed E-state index contributed by atoms with van der Waals surface area (Å²) < 4.78 is 4.73. The molecule has 0 aromatic heterocycles. The molecular weight excluding hydrogens is 316 g/mol. The van der Waals surface area contributed by atoms with E-state index in [0.717, 1.165) is 12.0 Å². The van der Waals surface area contributed by atoms with Crippen molar-refractivity contribution in [3.63, 3.8) is 0 Å². The number of hydrogen-bond acceptors (Lipinski definition) is 3. The van der Waals surface area contributed by atoms with E-state index in [-0.39, 0.29) is 18.4 Å². The van der Waals surface area contributed by atoms with Gasteiger partial charge in [-0.05, 0) is 30.0 Å². The molecule has 0 radical (unpaired) electrons. The molecule has 0 spiro atoms. The van der Waals surface area contributed by atoms with Gasteiger partial charge in [-0.3, -0.25) is 4.79 Å². The Morgan fingerprint density at radius 3 is 2.40 bits per heavy atom. The van der Waals surface area contributed by atoms with Crippen LogP contribution in [0.2, 0.25) is 0 Å². The van der Waals surface area contributed by atoms with E-state index >= 15 is 0 Å². The fraction of sp³-hybridized carbons (Fsp3) is 0.300. The van der Waals surface area contributed by atoms with Gasteiger partial charge in [-0.2, -0.15) is 0 Å². The largest absolute Gasteiger partial charge is 0.469 e. The van der Waals surface area contributed by atoms with E-state index in [0.29, 0.717) is 6.54 Å². The summed E-state index contributed by atoms with van der Waals surface area (Å²) in [6, 6.07) is 16.8. The van der Waals surface area contributed by atoms with Gasteiger partial charge in [0.1, 0.15) is 0 Å². The molecule has 0 aliphatic rings. The molecule has 25 heavy (non-hydrogen) atoms. The molecule has 2 aromatic rings. The van der Waals surface area contributed by atoms with Crippen molar-refractivity contribution in [3.8, 4) is 0 Å². The standard InChI is InChI=1S/C20H24N2O3/c1-15-8-6-7-9-16(15)12-13-21-20(24)22-18(14-19(23)25-2)17-10-4-3-5-11-17/h3-11,18H,12-14H2,1-2H3,(H2,21,22,24)/t18-/m0/s1. The Morgan fingerprint density at radius 1 is 1.04 bits per heavy atom. The quantitative estimate of drug-likeness (QED) is 0.761. The molecule has 1 atom stereocenters. The van der Waals surface area contributed by atoms with E-state index in [1.54, 1.807) is 0 Å². The molecule has 2 rings (SSSR count). The maximum absolute atomic E-state index is 12.2. The fourth-order valence-electron chi connectivity index (χ4n) is 2.60. The second kappa shape index (κ2) is 9.47. The van der Waals surface area contributed by atoms with E-state index < -0.39 is 6.04 Å². The van der Waals surface area contributed by atoms with Crippen LogP contribution in [-0.2, 0) is 16.0 Å². The van der Waals surface area contributed by atoms with Gasteiger partial charge >= 0.3 is 12.0 Å². The molecule has 0 fully saturated rings. The van der Waals surface area contributed by atoms with Gasteiger partial charge in [0.25, 0.3) is 0 Å². The van der Waals surface area contributed by atoms with Crippen LogP contribution < -0.4 is 10.6 Å². The summed E-state index contributed by atoms with van der Waals surface area (Å²) in [7, 11) is 1.34. The average Bonchev–Trinajstić information content (AvgIpc) is 2.63. The summed E-state index contributed by atoms with van der Waals surface area (Å²) in [6.07, 6.45) is 0.846. The van der Waals surface area contributed by atoms with Gasteiger partial charge in [0, 0.05) is 6.54 Å². The van der Waals surface area contributed by atoms with E-state index in [4.69, 9.17) is 4.74 Å². The molecule has 0 aliphatic heterocycles. The minimum Gasteiger partial charge on any atom is -0.469 e. The third-order valence-corrected chi connectivity index (χ3v) is 4.05. The van der Waals surface area contributed by atoms with Gasteiger partial charge in [-0.1, -0.05) is 54.6 Å². The second-order valence-corrected chi connectivity index (χ2v) is 5.82. The number of ether oxygens (including phenoxy) is 1. The van der Waals surface area contributed by atoms with Crippen molar-refractivity contribution in [2.75, 3.05) is 13.7 Å². The third-order valence-electron chi connectivity index (χ3n) is 4.05. The van der Waals surface area contributed by atoms with Crippen molar-refractivity contribution in [2.45, 2.75) is 25.8 Å². The zero-order chi connectivity index (χ0) is 18.1. The molecule has 2 aromatic carbocycles. The normalized spacial score (nSPS) is 11.4. The second-order valence-electron chi connectivity index (χ2n) is 5.82. The predicted molar refractivity (Wildman–Crippen MR) is 97.2 cm³/mol. The predicted octanol–water partition coefficient (Wildman–Crippen LogP) is 3.14. The maximum atomic E-state index is 12.2. The molecule has 0 bridgehead atoms. The fourth-order valence-corrected chi connectivity index (χ4v) is 2.60. The van der Waals surface area contributed by atoms with Crippen molar-refractivity contribution in [2.24, 2.45) is 0 Å². The molecule has 0 saturated carbocycles. The Labute approximate surface area is 148 Å². The number of esters is 1. The number of hydrogen-bond donors (Lipinski definition) is 2. The minimum absolute atomic E-state index is 0.0890. The molecule has 0 heterocycles. The topological polar surface area (TPSA) is 67.4 Å². The monoisotopic (exact) mass is 340 g/mol. The van der Waals surface area contributed by atoms with Crippen LogP contribution in [0.1, 0.15) is 29.2 Å². The molecule has 2 N–H and O–H groups in total. The highest BCUT2D eigenvalue weighted by Gasteiger charge is 2.18. The van der Waals surface area contributed by atoms with Gasteiger partial charge in [0.2, 0.25) is 0 Å². The van der Waals surface area contributed by atoms with E-state index in [1.807, 2.05) is 42.5 Å². The highest BCUT2D eigenvalue weighted by molar-refractivity contribution is 5.76. The molecular formula is C20H24N2O3. The minimum atomic E-state index is -0.424. The third kappa shape index (κ3) is 5.95. The zero-order valence-corrected chi connectivity index (χ0v) is 14.6. The van der Waals surface area contributed by atoms with E-state index in [1.165, 1.54) is 18.2 Å². The number of amides is 2. The Hall–Kier alpha value is -2.82. The van der Waals surface area contributed by atoms with E-state index in [9.17, 15) is 9.59 Å².